The first kappa shape index (κ1) is 19.1. The highest BCUT2D eigenvalue weighted by molar-refractivity contribution is 5.95. The molecule has 0 N–H and O–H groups in total. The first-order chi connectivity index (χ1) is 13.4. The third kappa shape index (κ3) is 3.71. The minimum atomic E-state index is -0.456. The highest BCUT2D eigenvalue weighted by Gasteiger charge is 2.26. The van der Waals surface area contributed by atoms with E-state index in [2.05, 4.69) is 5.10 Å². The summed E-state index contributed by atoms with van der Waals surface area (Å²) in [4.78, 5) is 25.1. The molecule has 1 amide bonds. The Balaban J connectivity index is 1.90. The summed E-state index contributed by atoms with van der Waals surface area (Å²) >= 11 is 0. The number of hydrogen-bond acceptors (Lipinski definition) is 5. The number of ether oxygens (including phenoxy) is 1. The number of benzene rings is 2. The maximum atomic E-state index is 13.0. The molecule has 0 saturated carbocycles. The summed E-state index contributed by atoms with van der Waals surface area (Å²) in [7, 11) is 3.11. The van der Waals surface area contributed by atoms with Gasteiger partial charge in [0.2, 0.25) is 0 Å². The van der Waals surface area contributed by atoms with Crippen LogP contribution in [0.2, 0.25) is 0 Å². The van der Waals surface area contributed by atoms with Crippen LogP contribution in [0, 0.1) is 10.1 Å². The van der Waals surface area contributed by atoms with Gasteiger partial charge in [-0.2, -0.15) is 5.10 Å². The zero-order valence-electron chi connectivity index (χ0n) is 15.8. The zero-order valence-corrected chi connectivity index (χ0v) is 15.8. The molecule has 28 heavy (non-hydrogen) atoms. The van der Waals surface area contributed by atoms with Gasteiger partial charge >= 0.3 is 0 Å². The monoisotopic (exact) mass is 380 g/mol. The summed E-state index contributed by atoms with van der Waals surface area (Å²) < 4.78 is 6.92. The van der Waals surface area contributed by atoms with Crippen LogP contribution in [0.15, 0.2) is 60.8 Å². The van der Waals surface area contributed by atoms with Crippen LogP contribution in [0.5, 0.6) is 5.75 Å². The van der Waals surface area contributed by atoms with Gasteiger partial charge in [0.1, 0.15) is 0 Å². The van der Waals surface area contributed by atoms with Gasteiger partial charge in [-0.3, -0.25) is 14.9 Å². The second-order valence-corrected chi connectivity index (χ2v) is 6.27. The van der Waals surface area contributed by atoms with Gasteiger partial charge < -0.3 is 9.64 Å². The first-order valence-electron chi connectivity index (χ1n) is 8.63. The molecule has 0 aliphatic rings. The number of nitro benzene ring substituents is 1. The van der Waals surface area contributed by atoms with Gasteiger partial charge in [0.05, 0.1) is 30.0 Å². The number of carbonyl (C=O) groups is 1. The summed E-state index contributed by atoms with van der Waals surface area (Å²) in [6.07, 6.45) is 1.65. The predicted molar refractivity (Wildman–Crippen MR) is 104 cm³/mol. The summed E-state index contributed by atoms with van der Waals surface area (Å²) in [6, 6.07) is 15.2. The Morgan fingerprint density at radius 1 is 1.21 bits per heavy atom. The van der Waals surface area contributed by atoms with Crippen molar-refractivity contribution in [3.8, 4) is 11.4 Å². The summed E-state index contributed by atoms with van der Waals surface area (Å²) in [5.74, 6) is 0.0116. The lowest BCUT2D eigenvalue weighted by molar-refractivity contribution is -0.384. The largest absolute Gasteiger partial charge is 0.493 e. The molecule has 0 fully saturated rings. The maximum Gasteiger partial charge on any atom is 0.278 e. The SMILES string of the molecule is COc1cn(-c2ccccc2)nc1C(=O)N(C)[C@H](C)c1cccc([N+](=O)[O-])c1. The van der Waals surface area contributed by atoms with Crippen molar-refractivity contribution < 1.29 is 14.5 Å². The predicted octanol–water partition coefficient (Wildman–Crippen LogP) is 3.62. The topological polar surface area (TPSA) is 90.5 Å². The number of aromatic nitrogens is 2. The van der Waals surface area contributed by atoms with Crippen molar-refractivity contribution in [2.45, 2.75) is 13.0 Å². The third-order valence-corrected chi connectivity index (χ3v) is 4.59. The van der Waals surface area contributed by atoms with Crippen LogP contribution in [0.25, 0.3) is 5.69 Å². The molecule has 0 spiro atoms. The molecule has 3 rings (SSSR count). The number of nitro groups is 1. The van der Waals surface area contributed by atoms with Crippen molar-refractivity contribution in [2.75, 3.05) is 14.2 Å². The highest BCUT2D eigenvalue weighted by Crippen LogP contribution is 2.27. The fourth-order valence-corrected chi connectivity index (χ4v) is 2.83. The molecule has 0 radical (unpaired) electrons. The Hall–Kier alpha value is -3.68. The number of rotatable bonds is 6. The van der Waals surface area contributed by atoms with Gasteiger partial charge in [-0.1, -0.05) is 30.3 Å². The molecule has 0 aliphatic carbocycles. The van der Waals surface area contributed by atoms with Crippen molar-refractivity contribution in [2.24, 2.45) is 0 Å². The van der Waals surface area contributed by atoms with E-state index in [1.807, 2.05) is 30.3 Å². The van der Waals surface area contributed by atoms with Crippen LogP contribution in [0.4, 0.5) is 5.69 Å². The molecule has 1 heterocycles. The average Bonchev–Trinajstić information content (AvgIpc) is 3.17. The normalized spacial score (nSPS) is 11.7. The van der Waals surface area contributed by atoms with Crippen LogP contribution in [-0.4, -0.2) is 39.7 Å². The molecule has 8 heteroatoms. The second kappa shape index (κ2) is 7.91. The fourth-order valence-electron chi connectivity index (χ4n) is 2.83. The number of carbonyl (C=O) groups excluding carboxylic acids is 1. The Labute approximate surface area is 162 Å². The fraction of sp³-hybridized carbons (Fsp3) is 0.200. The molecule has 2 aromatic carbocycles. The van der Waals surface area contributed by atoms with Gasteiger partial charge in [-0.15, -0.1) is 0 Å². The maximum absolute atomic E-state index is 13.0. The van der Waals surface area contributed by atoms with E-state index in [9.17, 15) is 14.9 Å². The molecule has 0 saturated heterocycles. The first-order valence-corrected chi connectivity index (χ1v) is 8.63. The molecule has 3 aromatic rings. The van der Waals surface area contributed by atoms with Gasteiger partial charge in [0.15, 0.2) is 11.4 Å². The molecular weight excluding hydrogens is 360 g/mol. The summed E-state index contributed by atoms with van der Waals surface area (Å²) in [5.41, 5.74) is 1.61. The van der Waals surface area contributed by atoms with Gasteiger partial charge in [0, 0.05) is 19.2 Å². The van der Waals surface area contributed by atoms with Crippen LogP contribution in [0.3, 0.4) is 0 Å². The van der Waals surface area contributed by atoms with E-state index in [4.69, 9.17) is 4.74 Å². The van der Waals surface area contributed by atoms with E-state index in [1.54, 1.807) is 37.0 Å². The van der Waals surface area contributed by atoms with Crippen LogP contribution < -0.4 is 4.74 Å². The van der Waals surface area contributed by atoms with E-state index in [-0.39, 0.29) is 23.3 Å². The Morgan fingerprint density at radius 2 is 1.93 bits per heavy atom. The average molecular weight is 380 g/mol. The smallest absolute Gasteiger partial charge is 0.278 e. The molecule has 0 aliphatic heterocycles. The van der Waals surface area contributed by atoms with E-state index < -0.39 is 4.92 Å². The minimum absolute atomic E-state index is 0.0175. The van der Waals surface area contributed by atoms with E-state index in [0.29, 0.717) is 11.3 Å². The van der Waals surface area contributed by atoms with E-state index in [1.165, 1.54) is 24.1 Å². The van der Waals surface area contributed by atoms with Gasteiger partial charge in [0.25, 0.3) is 11.6 Å². The molecular formula is C20H20N4O4. The molecule has 0 bridgehead atoms. The van der Waals surface area contributed by atoms with Crippen molar-refractivity contribution in [1.82, 2.24) is 14.7 Å². The van der Waals surface area contributed by atoms with Crippen LogP contribution >= 0.6 is 0 Å². The highest BCUT2D eigenvalue weighted by atomic mass is 16.6. The lowest BCUT2D eigenvalue weighted by atomic mass is 10.1. The molecule has 144 valence electrons. The number of nitrogens with zero attached hydrogens (tertiary/aromatic N) is 4. The summed E-state index contributed by atoms with van der Waals surface area (Å²) in [6.45, 7) is 1.80. The van der Waals surface area contributed by atoms with Crippen LogP contribution in [-0.2, 0) is 0 Å². The standard InChI is InChI=1S/C20H20N4O4/c1-14(15-8-7-11-17(12-15)24(26)27)22(2)20(25)19-18(28-3)13-23(21-19)16-9-5-4-6-10-16/h4-14H,1-3H3/t14-/m1/s1. The third-order valence-electron chi connectivity index (χ3n) is 4.59. The number of amides is 1. The molecule has 8 nitrogen and oxygen atoms in total. The number of para-hydroxylation sites is 1. The van der Waals surface area contributed by atoms with Crippen molar-refractivity contribution in [3.63, 3.8) is 0 Å². The Kier molecular flexibility index (Phi) is 5.39. The second-order valence-electron chi connectivity index (χ2n) is 6.27. The molecule has 1 aromatic heterocycles. The number of methoxy groups -OCH3 is 1. The lowest BCUT2D eigenvalue weighted by Crippen LogP contribution is -2.30. The minimum Gasteiger partial charge on any atom is -0.493 e. The quantitative estimate of drug-likeness (QED) is 0.481. The van der Waals surface area contributed by atoms with E-state index in [0.717, 1.165) is 5.69 Å². The van der Waals surface area contributed by atoms with Crippen LogP contribution in [0.1, 0.15) is 29.0 Å². The Bertz CT molecular complexity index is 1000. The van der Waals surface area contributed by atoms with E-state index >= 15 is 0 Å². The lowest BCUT2D eigenvalue weighted by Gasteiger charge is -2.24. The summed E-state index contributed by atoms with van der Waals surface area (Å²) in [5, 5.41) is 15.4. The van der Waals surface area contributed by atoms with Crippen molar-refractivity contribution in [1.29, 1.82) is 0 Å². The number of non-ortho nitro benzene ring substituents is 1. The zero-order chi connectivity index (χ0) is 20.3. The molecule has 1 atom stereocenters. The van der Waals surface area contributed by atoms with Gasteiger partial charge in [-0.05, 0) is 24.6 Å². The Morgan fingerprint density at radius 3 is 2.57 bits per heavy atom. The van der Waals surface area contributed by atoms with Gasteiger partial charge in [-0.25, -0.2) is 4.68 Å². The molecule has 0 unspecified atom stereocenters. The number of hydrogen-bond donors (Lipinski definition) is 0. The van der Waals surface area contributed by atoms with Crippen molar-refractivity contribution in [3.05, 3.63) is 82.2 Å². The van der Waals surface area contributed by atoms with Crippen molar-refractivity contribution >= 4 is 11.6 Å².